The normalized spacial score (nSPS) is 14.8. The largest absolute Gasteiger partial charge is 0.455 e. The predicted octanol–water partition coefficient (Wildman–Crippen LogP) is 13.9. The Morgan fingerprint density at radius 1 is 0.510 bits per heavy atom. The van der Waals surface area contributed by atoms with E-state index < -0.39 is 54.4 Å². The van der Waals surface area contributed by atoms with Gasteiger partial charge in [-0.05, 0) is 82.1 Å². The Bertz CT molecular complexity index is 3440. The van der Waals surface area contributed by atoms with Crippen LogP contribution in [0, 0.1) is 0 Å². The molecule has 0 N–H and O–H groups in total. The summed E-state index contributed by atoms with van der Waals surface area (Å²) in [6.45, 7) is 0. The molecular weight excluding hydrogens is 615 g/mol. The van der Waals surface area contributed by atoms with Crippen molar-refractivity contribution in [3.8, 4) is 22.3 Å². The van der Waals surface area contributed by atoms with E-state index in [1.165, 1.54) is 0 Å². The molecule has 0 amide bonds. The maximum absolute atomic E-state index is 9.65. The number of furan rings is 1. The molecule has 2 aromatic heterocycles. The molecule has 0 aliphatic carbocycles. The number of hydrogen-bond donors (Lipinski definition) is 0. The fourth-order valence-corrected chi connectivity index (χ4v) is 7.50. The number of fused-ring (bicyclic) bond motifs is 8. The Labute approximate surface area is 303 Å². The molecule has 0 saturated heterocycles. The first kappa shape index (κ1) is 19.0. The van der Waals surface area contributed by atoms with E-state index in [2.05, 4.69) is 0 Å². The minimum atomic E-state index is -0.553. The highest BCUT2D eigenvalue weighted by molar-refractivity contribution is 7.25. The van der Waals surface area contributed by atoms with Crippen LogP contribution in [0.25, 0.3) is 75.1 Å². The fourth-order valence-electron chi connectivity index (χ4n) is 6.53. The van der Waals surface area contributed by atoms with E-state index in [9.17, 15) is 6.85 Å². The van der Waals surface area contributed by atoms with Crippen LogP contribution >= 0.6 is 11.3 Å². The minimum Gasteiger partial charge on any atom is -0.455 e. The van der Waals surface area contributed by atoms with Crippen molar-refractivity contribution in [1.82, 2.24) is 0 Å². The van der Waals surface area contributed by atoms with Gasteiger partial charge in [0.05, 0.1) is 26.2 Å². The van der Waals surface area contributed by atoms with Crippen molar-refractivity contribution in [2.75, 3.05) is 4.90 Å². The van der Waals surface area contributed by atoms with Crippen molar-refractivity contribution in [3.05, 3.63) is 176 Å². The lowest BCUT2D eigenvalue weighted by atomic mass is 10.0. The number of benzene rings is 8. The van der Waals surface area contributed by atoms with Gasteiger partial charge in [0.2, 0.25) is 0 Å². The van der Waals surface area contributed by atoms with E-state index in [1.54, 1.807) is 4.90 Å². The minimum absolute atomic E-state index is 0.00492. The summed E-state index contributed by atoms with van der Waals surface area (Å²) in [6.07, 6.45) is 0. The quantitative estimate of drug-likeness (QED) is 0.184. The van der Waals surface area contributed by atoms with Crippen molar-refractivity contribution in [2.24, 2.45) is 0 Å². The molecule has 0 aliphatic rings. The van der Waals surface area contributed by atoms with Gasteiger partial charge in [0.25, 0.3) is 0 Å². The highest BCUT2D eigenvalue weighted by Gasteiger charge is 2.21. The van der Waals surface area contributed by atoms with Gasteiger partial charge in [-0.3, -0.25) is 0 Å². The highest BCUT2D eigenvalue weighted by atomic mass is 32.1. The first-order valence-corrected chi connectivity index (χ1v) is 16.5. The van der Waals surface area contributed by atoms with E-state index in [0.717, 1.165) is 38.6 Å². The lowest BCUT2D eigenvalue weighted by Crippen LogP contribution is -2.10. The smallest absolute Gasteiger partial charge is 0.143 e. The summed E-state index contributed by atoms with van der Waals surface area (Å²) in [4.78, 5) is 1.69. The molecule has 2 nitrogen and oxygen atoms in total. The monoisotopic (exact) mass is 654 g/mol. The third kappa shape index (κ3) is 4.62. The summed E-state index contributed by atoms with van der Waals surface area (Å²) < 4.78 is 106. The molecule has 0 fully saturated rings. The Balaban J connectivity index is 1.27. The summed E-state index contributed by atoms with van der Waals surface area (Å²) in [5.74, 6) is 0. The molecule has 10 aromatic rings. The van der Waals surface area contributed by atoms with E-state index in [0.29, 0.717) is 27.9 Å². The van der Waals surface area contributed by atoms with Gasteiger partial charge in [-0.1, -0.05) is 121 Å². The van der Waals surface area contributed by atoms with Crippen LogP contribution in [0.15, 0.2) is 180 Å². The first-order valence-electron chi connectivity index (χ1n) is 21.2. The average molecular weight is 655 g/mol. The van der Waals surface area contributed by atoms with Gasteiger partial charge in [-0.2, -0.15) is 0 Å². The number of nitrogens with zero attached hydrogens (tertiary/aromatic N) is 1. The molecule has 8 aromatic carbocycles. The van der Waals surface area contributed by atoms with Gasteiger partial charge in [0, 0.05) is 42.3 Å². The van der Waals surface area contributed by atoms with Crippen LogP contribution in [-0.4, -0.2) is 0 Å². The van der Waals surface area contributed by atoms with Gasteiger partial charge < -0.3 is 9.32 Å². The SMILES string of the molecule is [2H]c1c([2H])c(N(c2cccc(-c3ccccc3)c2)c2cccc3oc4c5ccccc5ccc4c23)c([2H])c([2H])c1-c1c([2H])c([2H])c2c(sc3c([2H])c([2H])c([2H])c([2H])c32)c1[2H]. The van der Waals surface area contributed by atoms with Crippen molar-refractivity contribution < 1.29 is 19.5 Å². The summed E-state index contributed by atoms with van der Waals surface area (Å²) in [7, 11) is 0. The fraction of sp³-hybridized carbons (Fsp3) is 0. The second kappa shape index (κ2) is 11.2. The van der Waals surface area contributed by atoms with Crippen molar-refractivity contribution in [1.29, 1.82) is 0 Å². The van der Waals surface area contributed by atoms with E-state index in [1.807, 2.05) is 109 Å². The Morgan fingerprint density at radius 2 is 1.29 bits per heavy atom. The molecule has 0 saturated carbocycles. The molecule has 49 heavy (non-hydrogen) atoms. The lowest BCUT2D eigenvalue weighted by molar-refractivity contribution is 0.672. The third-order valence-electron chi connectivity index (χ3n) is 8.79. The van der Waals surface area contributed by atoms with Crippen LogP contribution in [0.4, 0.5) is 17.1 Å². The lowest BCUT2D eigenvalue weighted by Gasteiger charge is -2.27. The van der Waals surface area contributed by atoms with E-state index in [-0.39, 0.29) is 49.1 Å². The maximum atomic E-state index is 9.65. The summed E-state index contributed by atoms with van der Waals surface area (Å²) in [5, 5.41) is 3.40. The zero-order chi connectivity index (χ0) is 41.9. The number of hydrogen-bond acceptors (Lipinski definition) is 3. The standard InChI is InChI=1S/C46H29NOS/c1-2-10-30(11-3-1)33-13-8-14-36(28-33)47(41-17-9-18-42-45(41)40-27-22-32-12-4-5-15-37(32)46(40)48-42)35-24-20-31(21-25-35)34-23-26-39-38-16-6-7-19-43(38)49-44(39)29-34/h1-29H/i6D,7D,16D,19D,20D,21D,23D,24D,25D,26D,29D. The Kier molecular flexibility index (Phi) is 4.35. The van der Waals surface area contributed by atoms with Gasteiger partial charge in [-0.15, -0.1) is 11.3 Å². The van der Waals surface area contributed by atoms with Crippen LogP contribution in [0.1, 0.15) is 15.1 Å². The van der Waals surface area contributed by atoms with Gasteiger partial charge in [0.1, 0.15) is 11.2 Å². The second-order valence-electron chi connectivity index (χ2n) is 11.7. The molecule has 230 valence electrons. The molecule has 10 rings (SSSR count). The van der Waals surface area contributed by atoms with Crippen molar-refractivity contribution in [3.63, 3.8) is 0 Å². The zero-order valence-corrected chi connectivity index (χ0v) is 26.5. The molecule has 0 bridgehead atoms. The number of thiophene rings is 1. The van der Waals surface area contributed by atoms with Crippen LogP contribution in [-0.2, 0) is 0 Å². The average Bonchev–Trinajstić information content (AvgIpc) is 3.87. The maximum Gasteiger partial charge on any atom is 0.143 e. The highest BCUT2D eigenvalue weighted by Crippen LogP contribution is 2.45. The van der Waals surface area contributed by atoms with E-state index >= 15 is 0 Å². The summed E-state index contributed by atoms with van der Waals surface area (Å²) in [5.41, 5.74) is 3.32. The van der Waals surface area contributed by atoms with Gasteiger partial charge in [0.15, 0.2) is 0 Å². The molecule has 0 unspecified atom stereocenters. The third-order valence-corrected chi connectivity index (χ3v) is 9.81. The molecule has 3 heteroatoms. The van der Waals surface area contributed by atoms with Gasteiger partial charge >= 0.3 is 0 Å². The van der Waals surface area contributed by atoms with Crippen LogP contribution in [0.5, 0.6) is 0 Å². The molecular formula is C46H29NOS. The Morgan fingerprint density at radius 3 is 2.20 bits per heavy atom. The predicted molar refractivity (Wildman–Crippen MR) is 210 cm³/mol. The van der Waals surface area contributed by atoms with E-state index in [4.69, 9.17) is 12.6 Å². The number of rotatable bonds is 5. The van der Waals surface area contributed by atoms with Crippen LogP contribution in [0.3, 0.4) is 0 Å². The Hall–Kier alpha value is -6.16. The molecule has 0 atom stereocenters. The van der Waals surface area contributed by atoms with Crippen molar-refractivity contribution >= 4 is 81.3 Å². The molecule has 0 spiro atoms. The molecule has 0 radical (unpaired) electrons. The summed E-state index contributed by atoms with van der Waals surface area (Å²) in [6, 6.07) is 29.6. The molecule has 2 heterocycles. The van der Waals surface area contributed by atoms with Crippen molar-refractivity contribution in [2.45, 2.75) is 0 Å². The number of anilines is 3. The second-order valence-corrected chi connectivity index (χ2v) is 12.7. The topological polar surface area (TPSA) is 16.4 Å². The van der Waals surface area contributed by atoms with Crippen LogP contribution in [0.2, 0.25) is 0 Å². The first-order chi connectivity index (χ1) is 28.9. The van der Waals surface area contributed by atoms with Crippen LogP contribution < -0.4 is 4.90 Å². The van der Waals surface area contributed by atoms with Gasteiger partial charge in [-0.25, -0.2) is 0 Å². The summed E-state index contributed by atoms with van der Waals surface area (Å²) >= 11 is 0.874. The molecule has 0 aliphatic heterocycles. The zero-order valence-electron chi connectivity index (χ0n) is 36.7.